The van der Waals surface area contributed by atoms with Crippen molar-refractivity contribution in [2.75, 3.05) is 5.73 Å². The first-order chi connectivity index (χ1) is 9.15. The van der Waals surface area contributed by atoms with Crippen LogP contribution in [0.15, 0.2) is 36.5 Å². The van der Waals surface area contributed by atoms with Gasteiger partial charge in [-0.1, -0.05) is 29.8 Å². The van der Waals surface area contributed by atoms with Gasteiger partial charge < -0.3 is 5.73 Å². The van der Waals surface area contributed by atoms with Crippen molar-refractivity contribution in [3.8, 4) is 0 Å². The Balaban J connectivity index is 2.05. The quantitative estimate of drug-likeness (QED) is 0.780. The number of rotatable bonds is 2. The van der Waals surface area contributed by atoms with Gasteiger partial charge in [-0.2, -0.15) is 5.10 Å². The van der Waals surface area contributed by atoms with E-state index in [9.17, 15) is 0 Å². The molecule has 2 heterocycles. The summed E-state index contributed by atoms with van der Waals surface area (Å²) in [6.45, 7) is 2.50. The van der Waals surface area contributed by atoms with Crippen LogP contribution in [-0.2, 0) is 6.54 Å². The van der Waals surface area contributed by atoms with Crippen LogP contribution in [0, 0.1) is 6.92 Å². The zero-order chi connectivity index (χ0) is 13.4. The number of hydrogen-bond donors (Lipinski definition) is 1. The van der Waals surface area contributed by atoms with E-state index in [1.54, 1.807) is 6.20 Å². The number of nitrogen functional groups attached to an aromatic ring is 1. The molecular formula is C14H13ClN4. The third-order valence-electron chi connectivity index (χ3n) is 3.20. The number of anilines is 1. The zero-order valence-corrected chi connectivity index (χ0v) is 11.2. The second-order valence-corrected chi connectivity index (χ2v) is 4.87. The Kier molecular flexibility index (Phi) is 2.87. The summed E-state index contributed by atoms with van der Waals surface area (Å²) < 4.78 is 1.82. The maximum Gasteiger partial charge on any atom is 0.129 e. The molecule has 3 rings (SSSR count). The lowest BCUT2D eigenvalue weighted by Gasteiger charge is -2.09. The summed E-state index contributed by atoms with van der Waals surface area (Å²) in [7, 11) is 0. The molecular weight excluding hydrogens is 260 g/mol. The number of fused-ring (bicyclic) bond motifs is 1. The third-order valence-corrected chi connectivity index (χ3v) is 3.57. The predicted octanol–water partition coefficient (Wildman–Crippen LogP) is 3.02. The highest BCUT2D eigenvalue weighted by molar-refractivity contribution is 6.31. The van der Waals surface area contributed by atoms with Crippen LogP contribution in [0.3, 0.4) is 0 Å². The highest BCUT2D eigenvalue weighted by atomic mass is 35.5. The lowest BCUT2D eigenvalue weighted by atomic mass is 10.1. The highest BCUT2D eigenvalue weighted by Gasteiger charge is 2.08. The maximum atomic E-state index is 6.01. The van der Waals surface area contributed by atoms with Crippen LogP contribution in [0.5, 0.6) is 0 Å². The Labute approximate surface area is 115 Å². The molecule has 0 saturated carbocycles. The Morgan fingerprint density at radius 1 is 1.32 bits per heavy atom. The van der Waals surface area contributed by atoms with Crippen LogP contribution in [0.2, 0.25) is 5.02 Å². The van der Waals surface area contributed by atoms with Gasteiger partial charge in [0, 0.05) is 10.9 Å². The Bertz CT molecular complexity index is 748. The van der Waals surface area contributed by atoms with Gasteiger partial charge in [0.25, 0.3) is 0 Å². The molecule has 19 heavy (non-hydrogen) atoms. The van der Waals surface area contributed by atoms with Gasteiger partial charge in [0.05, 0.1) is 29.0 Å². The summed E-state index contributed by atoms with van der Waals surface area (Å²) in [4.78, 5) is 4.41. The van der Waals surface area contributed by atoms with Crippen molar-refractivity contribution in [1.82, 2.24) is 14.8 Å². The molecule has 5 heteroatoms. The topological polar surface area (TPSA) is 56.7 Å². The molecule has 0 atom stereocenters. The molecule has 2 aromatic heterocycles. The SMILES string of the molecule is Cc1c(Cl)cnn1Cc1cc2ccccc2nc1N. The number of para-hydroxylation sites is 1. The zero-order valence-electron chi connectivity index (χ0n) is 10.5. The normalized spacial score (nSPS) is 11.1. The van der Waals surface area contributed by atoms with E-state index in [0.717, 1.165) is 22.2 Å². The first kappa shape index (κ1) is 12.0. The van der Waals surface area contributed by atoms with Crippen LogP contribution in [0.25, 0.3) is 10.9 Å². The van der Waals surface area contributed by atoms with Crippen LogP contribution in [0.1, 0.15) is 11.3 Å². The summed E-state index contributed by atoms with van der Waals surface area (Å²) in [6.07, 6.45) is 1.64. The van der Waals surface area contributed by atoms with Crippen molar-refractivity contribution in [3.63, 3.8) is 0 Å². The Morgan fingerprint density at radius 2 is 2.11 bits per heavy atom. The minimum atomic E-state index is 0.532. The first-order valence-corrected chi connectivity index (χ1v) is 6.35. The average Bonchev–Trinajstić information content (AvgIpc) is 2.71. The minimum Gasteiger partial charge on any atom is -0.383 e. The number of nitrogens with zero attached hydrogens (tertiary/aromatic N) is 3. The van der Waals surface area contributed by atoms with E-state index in [-0.39, 0.29) is 0 Å². The molecule has 4 nitrogen and oxygen atoms in total. The second-order valence-electron chi connectivity index (χ2n) is 4.46. The number of pyridine rings is 1. The van der Waals surface area contributed by atoms with Crippen molar-refractivity contribution in [2.24, 2.45) is 0 Å². The van der Waals surface area contributed by atoms with Crippen LogP contribution < -0.4 is 5.73 Å². The molecule has 2 N–H and O–H groups in total. The van der Waals surface area contributed by atoms with Crippen molar-refractivity contribution >= 4 is 28.3 Å². The van der Waals surface area contributed by atoms with Gasteiger partial charge in [-0.25, -0.2) is 4.98 Å². The van der Waals surface area contributed by atoms with Gasteiger partial charge in [0.1, 0.15) is 5.82 Å². The van der Waals surface area contributed by atoms with Crippen LogP contribution in [-0.4, -0.2) is 14.8 Å². The van der Waals surface area contributed by atoms with E-state index in [4.69, 9.17) is 17.3 Å². The highest BCUT2D eigenvalue weighted by Crippen LogP contribution is 2.21. The fraction of sp³-hybridized carbons (Fsp3) is 0.143. The smallest absolute Gasteiger partial charge is 0.129 e. The average molecular weight is 273 g/mol. The predicted molar refractivity (Wildman–Crippen MR) is 77.2 cm³/mol. The van der Waals surface area contributed by atoms with E-state index in [1.807, 2.05) is 41.9 Å². The summed E-state index contributed by atoms with van der Waals surface area (Å²) in [5.41, 5.74) is 8.78. The largest absolute Gasteiger partial charge is 0.383 e. The number of nitrogens with two attached hydrogens (primary N) is 1. The molecule has 0 unspecified atom stereocenters. The van der Waals surface area contributed by atoms with Crippen molar-refractivity contribution in [3.05, 3.63) is 52.8 Å². The molecule has 0 amide bonds. The minimum absolute atomic E-state index is 0.532. The molecule has 0 spiro atoms. The summed E-state index contributed by atoms with van der Waals surface area (Å²) in [5.74, 6) is 0.532. The number of halogens is 1. The molecule has 1 aromatic carbocycles. The molecule has 0 aliphatic heterocycles. The van der Waals surface area contributed by atoms with Gasteiger partial charge in [-0.15, -0.1) is 0 Å². The Morgan fingerprint density at radius 3 is 2.84 bits per heavy atom. The van der Waals surface area contributed by atoms with Crippen molar-refractivity contribution in [1.29, 1.82) is 0 Å². The molecule has 3 aromatic rings. The van der Waals surface area contributed by atoms with Crippen molar-refractivity contribution in [2.45, 2.75) is 13.5 Å². The third kappa shape index (κ3) is 2.15. The van der Waals surface area contributed by atoms with E-state index >= 15 is 0 Å². The van der Waals surface area contributed by atoms with E-state index in [2.05, 4.69) is 10.1 Å². The number of hydrogen-bond acceptors (Lipinski definition) is 3. The summed E-state index contributed by atoms with van der Waals surface area (Å²) >= 11 is 6.00. The lowest BCUT2D eigenvalue weighted by Crippen LogP contribution is -2.07. The van der Waals surface area contributed by atoms with Crippen LogP contribution >= 0.6 is 11.6 Å². The monoisotopic (exact) mass is 272 g/mol. The number of aromatic nitrogens is 3. The van der Waals surface area contributed by atoms with E-state index in [0.29, 0.717) is 17.4 Å². The first-order valence-electron chi connectivity index (χ1n) is 5.97. The lowest BCUT2D eigenvalue weighted by molar-refractivity contribution is 0.666. The van der Waals surface area contributed by atoms with Gasteiger partial charge in [-0.05, 0) is 19.1 Å². The Hall–Kier alpha value is -2.07. The summed E-state index contributed by atoms with van der Waals surface area (Å²) in [5, 5.41) is 5.96. The van der Waals surface area contributed by atoms with Gasteiger partial charge >= 0.3 is 0 Å². The molecule has 0 fully saturated rings. The van der Waals surface area contributed by atoms with Crippen LogP contribution in [0.4, 0.5) is 5.82 Å². The molecule has 0 bridgehead atoms. The van der Waals surface area contributed by atoms with Gasteiger partial charge in [0.2, 0.25) is 0 Å². The molecule has 0 aliphatic rings. The van der Waals surface area contributed by atoms with Gasteiger partial charge in [0.15, 0.2) is 0 Å². The molecule has 0 saturated heterocycles. The standard InChI is InChI=1S/C14H13ClN4/c1-9-12(15)7-17-19(9)8-11-6-10-4-2-3-5-13(10)18-14(11)16/h2-7H,8H2,1H3,(H2,16,18). The fourth-order valence-corrected chi connectivity index (χ4v) is 2.19. The molecule has 0 radical (unpaired) electrons. The molecule has 0 aliphatic carbocycles. The number of benzene rings is 1. The fourth-order valence-electron chi connectivity index (χ4n) is 2.05. The van der Waals surface area contributed by atoms with Crippen molar-refractivity contribution < 1.29 is 0 Å². The second kappa shape index (κ2) is 4.55. The van der Waals surface area contributed by atoms with Gasteiger partial charge in [-0.3, -0.25) is 4.68 Å². The molecule has 96 valence electrons. The summed E-state index contributed by atoms with van der Waals surface area (Å²) in [6, 6.07) is 9.96. The maximum absolute atomic E-state index is 6.01. The van der Waals surface area contributed by atoms with E-state index < -0.39 is 0 Å². The van der Waals surface area contributed by atoms with E-state index in [1.165, 1.54) is 0 Å².